The normalized spacial score (nSPS) is 21.6. The molecule has 0 N–H and O–H groups in total. The lowest BCUT2D eigenvalue weighted by atomic mass is 10.0. The van der Waals surface area contributed by atoms with Crippen LogP contribution in [0.15, 0.2) is 53.5 Å². The molecule has 1 saturated heterocycles. The molecule has 1 amide bonds. The van der Waals surface area contributed by atoms with Crippen LogP contribution in [0.3, 0.4) is 0 Å². The van der Waals surface area contributed by atoms with Crippen molar-refractivity contribution in [3.05, 3.63) is 54.1 Å². The monoisotopic (exact) mass is 363 g/mol. The van der Waals surface area contributed by atoms with Gasteiger partial charge >= 0.3 is 0 Å². The van der Waals surface area contributed by atoms with E-state index in [4.69, 9.17) is 4.74 Å². The van der Waals surface area contributed by atoms with Gasteiger partial charge in [-0.1, -0.05) is 25.1 Å². The molecule has 0 spiro atoms. The molecule has 0 radical (unpaired) electrons. The Hall–Kier alpha value is -2.66. The summed E-state index contributed by atoms with van der Waals surface area (Å²) in [6.07, 6.45) is 2.46. The highest BCUT2D eigenvalue weighted by atomic mass is 16.5. The Bertz CT molecular complexity index is 860. The minimum absolute atomic E-state index is 0.0229. The molecule has 0 aliphatic carbocycles. The van der Waals surface area contributed by atoms with Crippen molar-refractivity contribution in [3.8, 4) is 5.75 Å². The highest BCUT2D eigenvalue weighted by Crippen LogP contribution is 2.32. The van der Waals surface area contributed by atoms with Crippen LogP contribution in [0.4, 0.5) is 11.4 Å². The molecule has 1 unspecified atom stereocenters. The maximum atomic E-state index is 13.2. The number of para-hydroxylation sites is 1. The fraction of sp³-hybridized carbons (Fsp3) is 0.364. The number of ether oxygens (including phenoxy) is 1. The molecule has 2 aliphatic rings. The van der Waals surface area contributed by atoms with E-state index in [0.29, 0.717) is 18.3 Å². The molecule has 2 aromatic rings. The maximum Gasteiger partial charge on any atom is 0.278 e. The molecule has 5 nitrogen and oxygen atoms in total. The molecular formula is C22H25N3O2. The van der Waals surface area contributed by atoms with Crippen LogP contribution in [-0.2, 0) is 4.79 Å². The van der Waals surface area contributed by atoms with E-state index in [-0.39, 0.29) is 5.91 Å². The van der Waals surface area contributed by atoms with Crippen LogP contribution in [0.5, 0.6) is 5.75 Å². The van der Waals surface area contributed by atoms with Gasteiger partial charge in [0, 0.05) is 12.1 Å². The Morgan fingerprint density at radius 1 is 1.15 bits per heavy atom. The number of hydrogen-bond donors (Lipinski definition) is 0. The van der Waals surface area contributed by atoms with Crippen molar-refractivity contribution < 1.29 is 9.53 Å². The van der Waals surface area contributed by atoms with Crippen LogP contribution >= 0.6 is 0 Å². The molecule has 0 aromatic heterocycles. The molecule has 4 rings (SSSR count). The third-order valence-electron chi connectivity index (χ3n) is 5.29. The van der Waals surface area contributed by atoms with Gasteiger partial charge in [0.05, 0.1) is 25.2 Å². The van der Waals surface area contributed by atoms with Crippen molar-refractivity contribution in [1.82, 2.24) is 4.90 Å². The Balaban J connectivity index is 1.63. The van der Waals surface area contributed by atoms with Crippen LogP contribution in [0.1, 0.15) is 25.3 Å². The summed E-state index contributed by atoms with van der Waals surface area (Å²) in [7, 11) is 1.64. The van der Waals surface area contributed by atoms with E-state index in [1.807, 2.05) is 53.4 Å². The SMILES string of the molecule is COc1ccc(N=C2C(=O)N(CN3CCCC(C)C3)c3ccccc32)cc1. The zero-order valence-corrected chi connectivity index (χ0v) is 15.9. The summed E-state index contributed by atoms with van der Waals surface area (Å²) in [5.74, 6) is 1.43. The molecular weight excluding hydrogens is 338 g/mol. The number of carbonyl (C=O) groups is 1. The van der Waals surface area contributed by atoms with Crippen molar-refractivity contribution in [1.29, 1.82) is 0 Å². The lowest BCUT2D eigenvalue weighted by Crippen LogP contribution is -2.45. The fourth-order valence-corrected chi connectivity index (χ4v) is 3.91. The predicted octanol–water partition coefficient (Wildman–Crippen LogP) is 3.85. The summed E-state index contributed by atoms with van der Waals surface area (Å²) in [6.45, 7) is 4.99. The number of rotatable bonds is 4. The van der Waals surface area contributed by atoms with Gasteiger partial charge in [0.15, 0.2) is 0 Å². The maximum absolute atomic E-state index is 13.2. The van der Waals surface area contributed by atoms with E-state index in [9.17, 15) is 4.79 Å². The molecule has 2 aliphatic heterocycles. The second-order valence-electron chi connectivity index (χ2n) is 7.37. The van der Waals surface area contributed by atoms with Gasteiger partial charge < -0.3 is 4.74 Å². The van der Waals surface area contributed by atoms with E-state index >= 15 is 0 Å². The summed E-state index contributed by atoms with van der Waals surface area (Å²) >= 11 is 0. The van der Waals surface area contributed by atoms with Gasteiger partial charge in [-0.2, -0.15) is 0 Å². The Kier molecular flexibility index (Phi) is 4.94. The van der Waals surface area contributed by atoms with Crippen molar-refractivity contribution in [2.24, 2.45) is 10.9 Å². The lowest BCUT2D eigenvalue weighted by molar-refractivity contribution is -0.112. The summed E-state index contributed by atoms with van der Waals surface area (Å²) in [5, 5.41) is 0. The number of hydrogen-bond acceptors (Lipinski definition) is 4. The Labute approximate surface area is 160 Å². The molecule has 27 heavy (non-hydrogen) atoms. The van der Waals surface area contributed by atoms with E-state index < -0.39 is 0 Å². The predicted molar refractivity (Wildman–Crippen MR) is 108 cm³/mol. The quantitative estimate of drug-likeness (QED) is 0.829. The first-order valence-corrected chi connectivity index (χ1v) is 9.52. The highest BCUT2D eigenvalue weighted by Gasteiger charge is 2.35. The number of nitrogens with zero attached hydrogens (tertiary/aromatic N) is 3. The Morgan fingerprint density at radius 3 is 2.67 bits per heavy atom. The number of anilines is 1. The minimum atomic E-state index is -0.0229. The summed E-state index contributed by atoms with van der Waals surface area (Å²) < 4.78 is 5.20. The molecule has 0 bridgehead atoms. The van der Waals surface area contributed by atoms with Crippen LogP contribution in [0.2, 0.25) is 0 Å². The van der Waals surface area contributed by atoms with Crippen LogP contribution in [0.25, 0.3) is 0 Å². The first kappa shape index (κ1) is 17.7. The minimum Gasteiger partial charge on any atom is -0.497 e. The number of piperidine rings is 1. The second-order valence-corrected chi connectivity index (χ2v) is 7.37. The number of fused-ring (bicyclic) bond motifs is 1. The van der Waals surface area contributed by atoms with Gasteiger partial charge in [0.1, 0.15) is 11.5 Å². The third kappa shape index (κ3) is 3.60. The lowest BCUT2D eigenvalue weighted by Gasteiger charge is -2.33. The van der Waals surface area contributed by atoms with Gasteiger partial charge in [-0.25, -0.2) is 4.99 Å². The second kappa shape index (κ2) is 7.53. The zero-order chi connectivity index (χ0) is 18.8. The van der Waals surface area contributed by atoms with Gasteiger partial charge in [-0.05, 0) is 55.6 Å². The van der Waals surface area contributed by atoms with E-state index in [1.54, 1.807) is 7.11 Å². The molecule has 140 valence electrons. The number of benzene rings is 2. The van der Waals surface area contributed by atoms with Gasteiger partial charge in [0.25, 0.3) is 5.91 Å². The van der Waals surface area contributed by atoms with Crippen LogP contribution < -0.4 is 9.64 Å². The first-order valence-electron chi connectivity index (χ1n) is 9.52. The van der Waals surface area contributed by atoms with Gasteiger partial charge in [-0.3, -0.25) is 14.6 Å². The van der Waals surface area contributed by atoms with Crippen molar-refractivity contribution in [2.75, 3.05) is 31.8 Å². The fourth-order valence-electron chi connectivity index (χ4n) is 3.91. The highest BCUT2D eigenvalue weighted by molar-refractivity contribution is 6.54. The topological polar surface area (TPSA) is 45.1 Å². The number of methoxy groups -OCH3 is 1. The van der Waals surface area contributed by atoms with Crippen molar-refractivity contribution in [2.45, 2.75) is 19.8 Å². The number of likely N-dealkylation sites (tertiary alicyclic amines) is 1. The third-order valence-corrected chi connectivity index (χ3v) is 5.29. The van der Waals surface area contributed by atoms with Crippen LogP contribution in [-0.4, -0.2) is 43.4 Å². The molecule has 5 heteroatoms. The summed E-state index contributed by atoms with van der Waals surface area (Å²) in [6, 6.07) is 15.4. The molecule has 2 heterocycles. The van der Waals surface area contributed by atoms with Gasteiger partial charge in [-0.15, -0.1) is 0 Å². The van der Waals surface area contributed by atoms with E-state index in [1.165, 1.54) is 12.8 Å². The molecule has 2 aromatic carbocycles. The molecule has 1 atom stereocenters. The summed E-state index contributed by atoms with van der Waals surface area (Å²) in [4.78, 5) is 22.1. The standard InChI is InChI=1S/C22H25N3O2/c1-16-6-5-13-24(14-16)15-25-20-8-4-3-7-19(20)21(22(25)26)23-17-9-11-18(27-2)12-10-17/h3-4,7-12,16H,5-6,13-15H2,1-2H3. The molecule has 1 fully saturated rings. The first-order chi connectivity index (χ1) is 13.2. The Morgan fingerprint density at radius 2 is 1.93 bits per heavy atom. The average Bonchev–Trinajstić information content (AvgIpc) is 2.95. The van der Waals surface area contributed by atoms with Gasteiger partial charge in [0.2, 0.25) is 0 Å². The largest absolute Gasteiger partial charge is 0.497 e. The number of aliphatic imine (C=N–C) groups is 1. The summed E-state index contributed by atoms with van der Waals surface area (Å²) in [5.41, 5.74) is 3.12. The van der Waals surface area contributed by atoms with E-state index in [2.05, 4.69) is 16.8 Å². The van der Waals surface area contributed by atoms with Crippen molar-refractivity contribution in [3.63, 3.8) is 0 Å². The van der Waals surface area contributed by atoms with Crippen LogP contribution in [0, 0.1) is 5.92 Å². The zero-order valence-electron chi connectivity index (χ0n) is 15.9. The number of carbonyl (C=O) groups excluding carboxylic acids is 1. The number of amides is 1. The average molecular weight is 363 g/mol. The smallest absolute Gasteiger partial charge is 0.278 e. The van der Waals surface area contributed by atoms with E-state index in [0.717, 1.165) is 35.8 Å². The van der Waals surface area contributed by atoms with Crippen molar-refractivity contribution >= 4 is 23.0 Å². The molecule has 0 saturated carbocycles.